The van der Waals surface area contributed by atoms with Crippen molar-refractivity contribution in [1.29, 1.82) is 0 Å². The Labute approximate surface area is 177 Å². The molecular formula is C19H21BrN2O4S2. The van der Waals surface area contributed by atoms with Gasteiger partial charge < -0.3 is 9.64 Å². The molecule has 150 valence electrons. The van der Waals surface area contributed by atoms with Crippen LogP contribution in [0.1, 0.15) is 15.2 Å². The number of morpholine rings is 1. The highest BCUT2D eigenvalue weighted by Gasteiger charge is 2.29. The number of hydrogen-bond acceptors (Lipinski definition) is 5. The van der Waals surface area contributed by atoms with Gasteiger partial charge in [-0.25, -0.2) is 8.42 Å². The van der Waals surface area contributed by atoms with Gasteiger partial charge in [0.05, 0.1) is 24.7 Å². The standard InChI is InChI=1S/C19H21BrN2O4S2/c1-2-7-21(14-16-4-3-12-27-16)19(23)15-5-6-17(20)18(13-15)28(24,25)22-8-10-26-11-9-22/h2-6,12-13H,1,7-11,14H2. The summed E-state index contributed by atoms with van der Waals surface area (Å²) in [6.07, 6.45) is 1.66. The molecule has 1 saturated heterocycles. The van der Waals surface area contributed by atoms with Crippen LogP contribution >= 0.6 is 27.3 Å². The van der Waals surface area contributed by atoms with E-state index in [2.05, 4.69) is 22.5 Å². The smallest absolute Gasteiger partial charge is 0.254 e. The lowest BCUT2D eigenvalue weighted by atomic mass is 10.2. The van der Waals surface area contributed by atoms with Crippen LogP contribution in [-0.2, 0) is 21.3 Å². The van der Waals surface area contributed by atoms with Crippen LogP contribution in [0.4, 0.5) is 0 Å². The SMILES string of the molecule is C=CCN(Cc1cccs1)C(=O)c1ccc(Br)c(S(=O)(=O)N2CCOCC2)c1. The van der Waals surface area contributed by atoms with Crippen LogP contribution in [0.15, 0.2) is 57.7 Å². The maximum absolute atomic E-state index is 13.1. The number of rotatable bonds is 7. The Hall–Kier alpha value is -1.52. The topological polar surface area (TPSA) is 66.9 Å². The van der Waals surface area contributed by atoms with E-state index < -0.39 is 10.0 Å². The molecule has 6 nitrogen and oxygen atoms in total. The van der Waals surface area contributed by atoms with Gasteiger partial charge >= 0.3 is 0 Å². The fourth-order valence-corrected chi connectivity index (χ4v) is 5.99. The van der Waals surface area contributed by atoms with Gasteiger partial charge in [-0.05, 0) is 45.6 Å². The lowest BCUT2D eigenvalue weighted by molar-refractivity contribution is 0.0729. The molecule has 2 aromatic rings. The van der Waals surface area contributed by atoms with Crippen molar-refractivity contribution in [2.24, 2.45) is 0 Å². The molecule has 1 aliphatic rings. The number of amides is 1. The van der Waals surface area contributed by atoms with E-state index in [9.17, 15) is 13.2 Å². The number of ether oxygens (including phenoxy) is 1. The molecule has 9 heteroatoms. The van der Waals surface area contributed by atoms with E-state index in [4.69, 9.17) is 4.74 Å². The molecule has 1 amide bonds. The van der Waals surface area contributed by atoms with Crippen LogP contribution in [0.2, 0.25) is 0 Å². The number of nitrogens with zero attached hydrogens (tertiary/aromatic N) is 2. The number of carbonyl (C=O) groups is 1. The van der Waals surface area contributed by atoms with Crippen molar-refractivity contribution in [3.63, 3.8) is 0 Å². The highest BCUT2D eigenvalue weighted by atomic mass is 79.9. The van der Waals surface area contributed by atoms with Gasteiger partial charge in [0.2, 0.25) is 10.0 Å². The summed E-state index contributed by atoms with van der Waals surface area (Å²) in [4.78, 5) is 15.9. The Bertz CT molecular complexity index is 939. The summed E-state index contributed by atoms with van der Waals surface area (Å²) < 4.78 is 33.1. The molecule has 3 rings (SSSR count). The minimum atomic E-state index is -3.72. The van der Waals surface area contributed by atoms with Crippen molar-refractivity contribution < 1.29 is 17.9 Å². The van der Waals surface area contributed by atoms with E-state index in [0.717, 1.165) is 4.88 Å². The predicted molar refractivity (Wildman–Crippen MR) is 113 cm³/mol. The van der Waals surface area contributed by atoms with Crippen molar-refractivity contribution >= 4 is 43.2 Å². The van der Waals surface area contributed by atoms with Crippen LogP contribution in [0, 0.1) is 0 Å². The Morgan fingerprint density at radius 1 is 1.32 bits per heavy atom. The van der Waals surface area contributed by atoms with E-state index in [1.54, 1.807) is 34.4 Å². The van der Waals surface area contributed by atoms with E-state index in [0.29, 0.717) is 49.4 Å². The predicted octanol–water partition coefficient (Wildman–Crippen LogP) is 3.36. The van der Waals surface area contributed by atoms with Crippen LogP contribution in [0.25, 0.3) is 0 Å². The summed E-state index contributed by atoms with van der Waals surface area (Å²) in [5.41, 5.74) is 0.327. The van der Waals surface area contributed by atoms with Crippen molar-refractivity contribution in [2.75, 3.05) is 32.8 Å². The summed E-state index contributed by atoms with van der Waals surface area (Å²) in [5, 5.41) is 1.96. The molecule has 0 atom stereocenters. The molecule has 0 unspecified atom stereocenters. The quantitative estimate of drug-likeness (QED) is 0.565. The molecule has 0 radical (unpaired) electrons. The summed E-state index contributed by atoms with van der Waals surface area (Å²) in [6, 6.07) is 8.59. The van der Waals surface area contributed by atoms with Gasteiger partial charge in [-0.3, -0.25) is 4.79 Å². The minimum Gasteiger partial charge on any atom is -0.379 e. The average Bonchev–Trinajstić information content (AvgIpc) is 3.21. The van der Waals surface area contributed by atoms with E-state index in [-0.39, 0.29) is 10.8 Å². The molecule has 1 fully saturated rings. The molecule has 0 bridgehead atoms. The van der Waals surface area contributed by atoms with Crippen molar-refractivity contribution in [3.8, 4) is 0 Å². The highest BCUT2D eigenvalue weighted by molar-refractivity contribution is 9.10. The Morgan fingerprint density at radius 3 is 2.71 bits per heavy atom. The molecule has 0 N–H and O–H groups in total. The second kappa shape index (κ2) is 9.32. The maximum atomic E-state index is 13.1. The van der Waals surface area contributed by atoms with Crippen molar-refractivity contribution in [2.45, 2.75) is 11.4 Å². The lowest BCUT2D eigenvalue weighted by Crippen LogP contribution is -2.40. The lowest BCUT2D eigenvalue weighted by Gasteiger charge is -2.27. The van der Waals surface area contributed by atoms with Crippen LogP contribution < -0.4 is 0 Å². The first kappa shape index (κ1) is 21.2. The number of carbonyl (C=O) groups excluding carboxylic acids is 1. The van der Waals surface area contributed by atoms with Gasteiger partial charge in [0.25, 0.3) is 5.91 Å². The first-order valence-electron chi connectivity index (χ1n) is 8.73. The minimum absolute atomic E-state index is 0.0925. The molecule has 1 aromatic carbocycles. The normalized spacial score (nSPS) is 15.3. The van der Waals surface area contributed by atoms with Crippen molar-refractivity contribution in [3.05, 3.63) is 63.3 Å². The molecule has 0 spiro atoms. The van der Waals surface area contributed by atoms with E-state index in [1.165, 1.54) is 10.4 Å². The Morgan fingerprint density at radius 2 is 2.07 bits per heavy atom. The molecule has 2 heterocycles. The van der Waals surface area contributed by atoms with Crippen molar-refractivity contribution in [1.82, 2.24) is 9.21 Å². The average molecular weight is 485 g/mol. The monoisotopic (exact) mass is 484 g/mol. The van der Waals surface area contributed by atoms with E-state index in [1.807, 2.05) is 17.5 Å². The third-order valence-electron chi connectivity index (χ3n) is 4.33. The van der Waals surface area contributed by atoms with Crippen LogP contribution in [0.5, 0.6) is 0 Å². The fourth-order valence-electron chi connectivity index (χ4n) is 2.91. The van der Waals surface area contributed by atoms with Crippen LogP contribution in [-0.4, -0.2) is 56.4 Å². The molecule has 0 aliphatic carbocycles. The third-order valence-corrected chi connectivity index (χ3v) is 8.08. The first-order valence-corrected chi connectivity index (χ1v) is 11.8. The summed E-state index contributed by atoms with van der Waals surface area (Å²) in [7, 11) is -3.72. The first-order chi connectivity index (χ1) is 13.4. The number of thiophene rings is 1. The third kappa shape index (κ3) is 4.72. The van der Waals surface area contributed by atoms with Crippen LogP contribution in [0.3, 0.4) is 0 Å². The Balaban J connectivity index is 1.90. The maximum Gasteiger partial charge on any atom is 0.254 e. The Kier molecular flexibility index (Phi) is 7.05. The molecule has 1 aromatic heterocycles. The highest BCUT2D eigenvalue weighted by Crippen LogP contribution is 2.27. The van der Waals surface area contributed by atoms with Gasteiger partial charge in [-0.1, -0.05) is 12.1 Å². The number of halogens is 1. The number of hydrogen-bond donors (Lipinski definition) is 0. The molecule has 1 aliphatic heterocycles. The zero-order valence-electron chi connectivity index (χ0n) is 15.2. The second-order valence-corrected chi connectivity index (χ2v) is 10.0. The zero-order valence-corrected chi connectivity index (χ0v) is 18.4. The van der Waals surface area contributed by atoms with Gasteiger partial charge in [0.15, 0.2) is 0 Å². The fraction of sp³-hybridized carbons (Fsp3) is 0.316. The number of sulfonamides is 1. The summed E-state index contributed by atoms with van der Waals surface area (Å²) >= 11 is 4.89. The zero-order chi connectivity index (χ0) is 20.1. The van der Waals surface area contributed by atoms with Gasteiger partial charge in [0.1, 0.15) is 0 Å². The largest absolute Gasteiger partial charge is 0.379 e. The molecular weight excluding hydrogens is 464 g/mol. The molecule has 0 saturated carbocycles. The summed E-state index contributed by atoms with van der Waals surface area (Å²) in [5.74, 6) is -0.237. The van der Waals surface area contributed by atoms with Gasteiger partial charge in [0, 0.05) is 34.5 Å². The van der Waals surface area contributed by atoms with Gasteiger partial charge in [-0.2, -0.15) is 4.31 Å². The van der Waals surface area contributed by atoms with E-state index >= 15 is 0 Å². The van der Waals surface area contributed by atoms with Gasteiger partial charge in [-0.15, -0.1) is 17.9 Å². The molecule has 28 heavy (non-hydrogen) atoms. The number of benzene rings is 1. The second-order valence-electron chi connectivity index (χ2n) is 6.22. The summed E-state index contributed by atoms with van der Waals surface area (Å²) in [6.45, 7) is 5.88.